The molecule has 0 bridgehead atoms. The van der Waals surface area contributed by atoms with E-state index >= 15 is 0 Å². The summed E-state index contributed by atoms with van der Waals surface area (Å²) in [7, 11) is -0.370. The Hall–Kier alpha value is -2.23. The first-order chi connectivity index (χ1) is 13.3. The van der Waals surface area contributed by atoms with Gasteiger partial charge < -0.3 is 9.88 Å². The summed E-state index contributed by atoms with van der Waals surface area (Å²) in [6, 6.07) is 7.89. The normalized spacial score (nSPS) is 16.4. The molecule has 1 saturated heterocycles. The summed E-state index contributed by atoms with van der Waals surface area (Å²) in [6.45, 7) is 3.08. The van der Waals surface area contributed by atoms with E-state index in [4.69, 9.17) is 0 Å². The van der Waals surface area contributed by atoms with Crippen LogP contribution in [0.3, 0.4) is 0 Å². The van der Waals surface area contributed by atoms with E-state index in [1.807, 2.05) is 42.0 Å². The van der Waals surface area contributed by atoms with Crippen molar-refractivity contribution in [3.8, 4) is 5.69 Å². The van der Waals surface area contributed by atoms with Gasteiger partial charge in [0, 0.05) is 52.0 Å². The smallest absolute Gasteiger partial charge is 0.281 e. The fourth-order valence-electron chi connectivity index (χ4n) is 3.43. The van der Waals surface area contributed by atoms with Gasteiger partial charge in [-0.3, -0.25) is 4.79 Å². The summed E-state index contributed by atoms with van der Waals surface area (Å²) in [5.41, 5.74) is 1.99. The number of hydrogen-bond acceptors (Lipinski definition) is 4. The Labute approximate surface area is 166 Å². The van der Waals surface area contributed by atoms with Gasteiger partial charge in [0.05, 0.1) is 5.69 Å². The molecule has 9 heteroatoms. The molecule has 1 fully saturated rings. The fourth-order valence-corrected chi connectivity index (χ4v) is 4.57. The second kappa shape index (κ2) is 8.42. The van der Waals surface area contributed by atoms with Gasteiger partial charge in [0.2, 0.25) is 5.91 Å². The zero-order valence-electron chi connectivity index (χ0n) is 16.5. The molecule has 1 aromatic carbocycles. The number of para-hydroxylation sites is 1. The lowest BCUT2D eigenvalue weighted by atomic mass is 9.97. The number of aryl methyl sites for hydroxylation is 1. The van der Waals surface area contributed by atoms with Gasteiger partial charge in [-0.2, -0.15) is 17.0 Å². The summed E-state index contributed by atoms with van der Waals surface area (Å²) in [6.07, 6.45) is 4.71. The van der Waals surface area contributed by atoms with Crippen molar-refractivity contribution in [3.63, 3.8) is 0 Å². The molecular formula is C19H27N5O3S. The van der Waals surface area contributed by atoms with E-state index in [0.29, 0.717) is 32.5 Å². The molecule has 1 aliphatic heterocycles. The van der Waals surface area contributed by atoms with Crippen LogP contribution in [0.2, 0.25) is 0 Å². The Kier molecular flexibility index (Phi) is 6.17. The number of nitrogens with zero attached hydrogens (tertiary/aromatic N) is 4. The predicted octanol–water partition coefficient (Wildman–Crippen LogP) is 1.32. The number of aromatic nitrogens is 2. The molecule has 0 aliphatic carbocycles. The molecule has 1 N–H and O–H groups in total. The maximum absolute atomic E-state index is 12.6. The lowest BCUT2D eigenvalue weighted by Crippen LogP contribution is -2.46. The highest BCUT2D eigenvalue weighted by Crippen LogP contribution is 2.21. The first-order valence-corrected chi connectivity index (χ1v) is 10.7. The number of amides is 1. The molecule has 0 saturated carbocycles. The quantitative estimate of drug-likeness (QED) is 0.785. The van der Waals surface area contributed by atoms with E-state index in [1.54, 1.807) is 6.20 Å². The fraction of sp³-hybridized carbons (Fsp3) is 0.474. The molecule has 3 rings (SSSR count). The van der Waals surface area contributed by atoms with Crippen LogP contribution in [-0.4, -0.2) is 59.7 Å². The molecule has 0 unspecified atom stereocenters. The molecule has 0 atom stereocenters. The van der Waals surface area contributed by atoms with Gasteiger partial charge in [0.1, 0.15) is 5.82 Å². The summed E-state index contributed by atoms with van der Waals surface area (Å²) in [5.74, 6) is 0.683. The Balaban J connectivity index is 1.60. The van der Waals surface area contributed by atoms with Gasteiger partial charge in [0.15, 0.2) is 0 Å². The molecule has 1 amide bonds. The lowest BCUT2D eigenvalue weighted by Gasteiger charge is -2.32. The van der Waals surface area contributed by atoms with Crippen molar-refractivity contribution in [1.29, 1.82) is 0 Å². The van der Waals surface area contributed by atoms with Crippen molar-refractivity contribution in [3.05, 3.63) is 48.0 Å². The standard InChI is InChI=1S/C19H27N5O3S/c1-15-20-10-13-24(15)18-7-5-4-6-17(18)14-21-19(25)16-8-11-23(12-9-16)28(26,27)22(2)3/h4-7,10,13,16H,8-9,11-12,14H2,1-3H3,(H,21,25). The van der Waals surface area contributed by atoms with E-state index in [0.717, 1.165) is 17.1 Å². The number of rotatable bonds is 6. The minimum atomic E-state index is -3.41. The lowest BCUT2D eigenvalue weighted by molar-refractivity contribution is -0.126. The maximum Gasteiger partial charge on any atom is 0.281 e. The molecule has 2 aromatic rings. The van der Waals surface area contributed by atoms with Gasteiger partial charge in [-0.15, -0.1) is 0 Å². The third-order valence-corrected chi connectivity index (χ3v) is 7.08. The number of carbonyl (C=O) groups is 1. The van der Waals surface area contributed by atoms with Crippen molar-refractivity contribution in [2.24, 2.45) is 5.92 Å². The van der Waals surface area contributed by atoms with Crippen molar-refractivity contribution in [2.75, 3.05) is 27.2 Å². The van der Waals surface area contributed by atoms with Crippen LogP contribution in [0.1, 0.15) is 24.2 Å². The average Bonchev–Trinajstić information content (AvgIpc) is 3.12. The molecule has 152 valence electrons. The van der Waals surface area contributed by atoms with Crippen LogP contribution in [0, 0.1) is 12.8 Å². The van der Waals surface area contributed by atoms with E-state index in [9.17, 15) is 13.2 Å². The van der Waals surface area contributed by atoms with E-state index < -0.39 is 10.2 Å². The van der Waals surface area contributed by atoms with Crippen LogP contribution >= 0.6 is 0 Å². The average molecular weight is 406 g/mol. The highest BCUT2D eigenvalue weighted by atomic mass is 32.2. The molecule has 1 aliphatic rings. The number of benzene rings is 1. The maximum atomic E-state index is 12.6. The molecule has 0 spiro atoms. The van der Waals surface area contributed by atoms with Gasteiger partial charge in [-0.05, 0) is 31.4 Å². The van der Waals surface area contributed by atoms with E-state index in [-0.39, 0.29) is 11.8 Å². The van der Waals surface area contributed by atoms with Crippen LogP contribution in [0.5, 0.6) is 0 Å². The minimum Gasteiger partial charge on any atom is -0.352 e. The van der Waals surface area contributed by atoms with E-state index in [2.05, 4.69) is 10.3 Å². The first kappa shape index (κ1) is 20.5. The Morgan fingerprint density at radius 3 is 2.54 bits per heavy atom. The van der Waals surface area contributed by atoms with Crippen molar-refractivity contribution < 1.29 is 13.2 Å². The molecular weight excluding hydrogens is 378 g/mol. The van der Waals surface area contributed by atoms with Gasteiger partial charge in [0.25, 0.3) is 10.2 Å². The van der Waals surface area contributed by atoms with Crippen LogP contribution in [0.4, 0.5) is 0 Å². The second-order valence-electron chi connectivity index (χ2n) is 7.15. The van der Waals surface area contributed by atoms with Crippen LogP contribution in [-0.2, 0) is 21.5 Å². The Morgan fingerprint density at radius 2 is 1.93 bits per heavy atom. The molecule has 1 aromatic heterocycles. The predicted molar refractivity (Wildman–Crippen MR) is 107 cm³/mol. The Morgan fingerprint density at radius 1 is 1.25 bits per heavy atom. The largest absolute Gasteiger partial charge is 0.352 e. The molecule has 28 heavy (non-hydrogen) atoms. The van der Waals surface area contributed by atoms with Gasteiger partial charge in [-0.25, -0.2) is 4.98 Å². The van der Waals surface area contributed by atoms with Gasteiger partial charge >= 0.3 is 0 Å². The van der Waals surface area contributed by atoms with Crippen LogP contribution < -0.4 is 5.32 Å². The summed E-state index contributed by atoms with van der Waals surface area (Å²) in [4.78, 5) is 16.9. The zero-order valence-corrected chi connectivity index (χ0v) is 17.3. The molecule has 8 nitrogen and oxygen atoms in total. The number of nitrogens with one attached hydrogen (secondary N) is 1. The molecule has 2 heterocycles. The highest BCUT2D eigenvalue weighted by molar-refractivity contribution is 7.86. The third kappa shape index (κ3) is 4.26. The van der Waals surface area contributed by atoms with Crippen LogP contribution in [0.25, 0.3) is 5.69 Å². The first-order valence-electron chi connectivity index (χ1n) is 9.34. The Bertz CT molecular complexity index is 931. The van der Waals surface area contributed by atoms with Crippen LogP contribution in [0.15, 0.2) is 36.7 Å². The number of hydrogen-bond donors (Lipinski definition) is 1. The number of piperidine rings is 1. The van der Waals surface area contributed by atoms with Gasteiger partial charge in [-0.1, -0.05) is 18.2 Å². The minimum absolute atomic E-state index is 0.0287. The van der Waals surface area contributed by atoms with E-state index in [1.165, 1.54) is 22.7 Å². The summed E-state index contributed by atoms with van der Waals surface area (Å²) in [5, 5.41) is 3.02. The van der Waals surface area contributed by atoms with Crippen molar-refractivity contribution in [2.45, 2.75) is 26.3 Å². The van der Waals surface area contributed by atoms with Crippen molar-refractivity contribution in [1.82, 2.24) is 23.5 Å². The molecule has 0 radical (unpaired) electrons. The third-order valence-electron chi connectivity index (χ3n) is 5.14. The monoisotopic (exact) mass is 405 g/mol. The number of imidazole rings is 1. The zero-order chi connectivity index (χ0) is 20.3. The topological polar surface area (TPSA) is 87.5 Å². The summed E-state index contributed by atoms with van der Waals surface area (Å²) >= 11 is 0. The van der Waals surface area contributed by atoms with Crippen molar-refractivity contribution >= 4 is 16.1 Å². The number of carbonyl (C=O) groups excluding carboxylic acids is 1. The summed E-state index contributed by atoms with van der Waals surface area (Å²) < 4.78 is 29.0. The second-order valence-corrected chi connectivity index (χ2v) is 9.30. The SMILES string of the molecule is Cc1nccn1-c1ccccc1CNC(=O)C1CCN(S(=O)(=O)N(C)C)CC1. The highest BCUT2D eigenvalue weighted by Gasteiger charge is 2.32.